The van der Waals surface area contributed by atoms with Gasteiger partial charge in [0, 0.05) is 19.1 Å². The zero-order valence-electron chi connectivity index (χ0n) is 16.8. The maximum atomic E-state index is 2.63. The number of unbranched alkanes of at least 4 members (excludes halogenated alkanes) is 2. The van der Waals surface area contributed by atoms with E-state index in [1.165, 1.54) is 36.8 Å². The minimum Gasteiger partial charge on any atom is -0.288 e. The molecule has 1 heteroatoms. The third-order valence-corrected chi connectivity index (χ3v) is 4.72. The first-order valence-electron chi connectivity index (χ1n) is 10.2. The number of allylic oxidation sites excluding steroid dienone is 1. The van der Waals surface area contributed by atoms with Crippen LogP contribution in [0.15, 0.2) is 72.8 Å². The average molecular weight is 350 g/mol. The van der Waals surface area contributed by atoms with Crippen LogP contribution < -0.4 is 0 Å². The second-order valence-corrected chi connectivity index (χ2v) is 7.64. The summed E-state index contributed by atoms with van der Waals surface area (Å²) < 4.78 is 0. The second kappa shape index (κ2) is 11.7. The SMILES string of the molecule is CCCC/C=C/[C@H](CC(C)C)N(Cc1ccccc1)Cc1ccccc1. The Labute approximate surface area is 160 Å². The maximum Gasteiger partial charge on any atom is 0.0287 e. The molecule has 0 saturated carbocycles. The van der Waals surface area contributed by atoms with E-state index < -0.39 is 0 Å². The molecule has 0 spiro atoms. The first kappa shape index (κ1) is 20.5. The zero-order valence-corrected chi connectivity index (χ0v) is 16.8. The van der Waals surface area contributed by atoms with E-state index in [-0.39, 0.29) is 0 Å². The van der Waals surface area contributed by atoms with Gasteiger partial charge in [0.05, 0.1) is 0 Å². The zero-order chi connectivity index (χ0) is 18.6. The molecule has 0 aromatic heterocycles. The fraction of sp³-hybridized carbons (Fsp3) is 0.440. The molecule has 0 N–H and O–H groups in total. The number of hydrogen-bond acceptors (Lipinski definition) is 1. The van der Waals surface area contributed by atoms with E-state index in [0.717, 1.165) is 13.1 Å². The molecule has 0 aliphatic carbocycles. The van der Waals surface area contributed by atoms with E-state index in [9.17, 15) is 0 Å². The molecule has 2 aromatic rings. The summed E-state index contributed by atoms with van der Waals surface area (Å²) in [4.78, 5) is 2.63. The van der Waals surface area contributed by atoms with Crippen molar-refractivity contribution in [3.05, 3.63) is 83.9 Å². The summed E-state index contributed by atoms with van der Waals surface area (Å²) in [5.41, 5.74) is 2.78. The van der Waals surface area contributed by atoms with Crippen molar-refractivity contribution in [3.8, 4) is 0 Å². The lowest BCUT2D eigenvalue weighted by Crippen LogP contribution is -2.34. The molecule has 0 radical (unpaired) electrons. The Morgan fingerprint density at radius 3 is 1.85 bits per heavy atom. The van der Waals surface area contributed by atoms with Crippen LogP contribution in [0, 0.1) is 5.92 Å². The van der Waals surface area contributed by atoms with E-state index in [2.05, 4.69) is 98.5 Å². The molecule has 26 heavy (non-hydrogen) atoms. The highest BCUT2D eigenvalue weighted by atomic mass is 15.1. The van der Waals surface area contributed by atoms with Gasteiger partial charge in [0.25, 0.3) is 0 Å². The van der Waals surface area contributed by atoms with Gasteiger partial charge in [0.15, 0.2) is 0 Å². The van der Waals surface area contributed by atoms with Crippen LogP contribution in [0.1, 0.15) is 57.6 Å². The van der Waals surface area contributed by atoms with Crippen LogP contribution in [-0.4, -0.2) is 10.9 Å². The molecule has 0 fully saturated rings. The lowest BCUT2D eigenvalue weighted by Gasteiger charge is -2.31. The quantitative estimate of drug-likeness (QED) is 0.317. The van der Waals surface area contributed by atoms with Crippen molar-refractivity contribution in [1.82, 2.24) is 4.90 Å². The first-order chi connectivity index (χ1) is 12.7. The minimum atomic E-state index is 0.479. The molecule has 1 nitrogen and oxygen atoms in total. The Balaban J connectivity index is 2.19. The molecule has 0 saturated heterocycles. The van der Waals surface area contributed by atoms with Gasteiger partial charge in [0.2, 0.25) is 0 Å². The summed E-state index contributed by atoms with van der Waals surface area (Å²) in [7, 11) is 0. The Kier molecular flexibility index (Phi) is 9.20. The van der Waals surface area contributed by atoms with Crippen molar-refractivity contribution in [1.29, 1.82) is 0 Å². The summed E-state index contributed by atoms with van der Waals surface area (Å²) >= 11 is 0. The number of hydrogen-bond donors (Lipinski definition) is 0. The lowest BCUT2D eigenvalue weighted by atomic mass is 9.99. The average Bonchev–Trinajstić information content (AvgIpc) is 2.65. The topological polar surface area (TPSA) is 3.24 Å². The van der Waals surface area contributed by atoms with Crippen LogP contribution in [0.5, 0.6) is 0 Å². The van der Waals surface area contributed by atoms with Gasteiger partial charge in [-0.15, -0.1) is 0 Å². The minimum absolute atomic E-state index is 0.479. The highest BCUT2D eigenvalue weighted by molar-refractivity contribution is 5.18. The Bertz CT molecular complexity index is 574. The van der Waals surface area contributed by atoms with E-state index in [4.69, 9.17) is 0 Å². The largest absolute Gasteiger partial charge is 0.288 e. The highest BCUT2D eigenvalue weighted by Crippen LogP contribution is 2.20. The molecule has 1 atom stereocenters. The summed E-state index contributed by atoms with van der Waals surface area (Å²) in [6.45, 7) is 8.90. The molecule has 2 rings (SSSR count). The van der Waals surface area contributed by atoms with Gasteiger partial charge in [-0.2, -0.15) is 0 Å². The van der Waals surface area contributed by atoms with Gasteiger partial charge >= 0.3 is 0 Å². The molecule has 0 aliphatic rings. The van der Waals surface area contributed by atoms with Crippen LogP contribution in [-0.2, 0) is 13.1 Å². The summed E-state index contributed by atoms with van der Waals surface area (Å²) in [6, 6.07) is 22.2. The fourth-order valence-electron chi connectivity index (χ4n) is 3.33. The fourth-order valence-corrected chi connectivity index (χ4v) is 3.33. The van der Waals surface area contributed by atoms with Gasteiger partial charge in [-0.25, -0.2) is 0 Å². The molecule has 0 heterocycles. The van der Waals surface area contributed by atoms with Gasteiger partial charge in [-0.3, -0.25) is 4.90 Å². The molecular formula is C25H35N. The third kappa shape index (κ3) is 7.58. The van der Waals surface area contributed by atoms with Crippen molar-refractivity contribution in [2.45, 2.75) is 65.6 Å². The predicted molar refractivity (Wildman–Crippen MR) is 114 cm³/mol. The van der Waals surface area contributed by atoms with Gasteiger partial charge in [-0.05, 0) is 29.9 Å². The Morgan fingerprint density at radius 2 is 1.38 bits per heavy atom. The van der Waals surface area contributed by atoms with Gasteiger partial charge in [-0.1, -0.05) is 106 Å². The lowest BCUT2D eigenvalue weighted by molar-refractivity contribution is 0.189. The maximum absolute atomic E-state index is 2.63. The van der Waals surface area contributed by atoms with E-state index in [0.29, 0.717) is 12.0 Å². The van der Waals surface area contributed by atoms with Gasteiger partial charge in [0.1, 0.15) is 0 Å². The standard InChI is InChI=1S/C25H35N/c1-4-5-6-13-18-25(19-22(2)3)26(20-23-14-9-7-10-15-23)21-24-16-11-8-12-17-24/h7-18,22,25H,4-6,19-21H2,1-3H3/b18-13+/t25-/m1/s1. The molecule has 0 unspecified atom stereocenters. The number of benzene rings is 2. The van der Waals surface area contributed by atoms with Crippen molar-refractivity contribution < 1.29 is 0 Å². The molecule has 0 bridgehead atoms. The molecule has 0 aliphatic heterocycles. The van der Waals surface area contributed by atoms with Crippen molar-refractivity contribution in [2.75, 3.05) is 0 Å². The van der Waals surface area contributed by atoms with Crippen molar-refractivity contribution >= 4 is 0 Å². The molecule has 140 valence electrons. The van der Waals surface area contributed by atoms with E-state index in [1.807, 2.05) is 0 Å². The van der Waals surface area contributed by atoms with Crippen molar-refractivity contribution in [3.63, 3.8) is 0 Å². The van der Waals surface area contributed by atoms with Crippen LogP contribution >= 0.6 is 0 Å². The highest BCUT2D eigenvalue weighted by Gasteiger charge is 2.18. The van der Waals surface area contributed by atoms with E-state index in [1.54, 1.807) is 0 Å². The smallest absolute Gasteiger partial charge is 0.0287 e. The number of rotatable bonds is 11. The van der Waals surface area contributed by atoms with Gasteiger partial charge < -0.3 is 0 Å². The summed E-state index contributed by atoms with van der Waals surface area (Å²) in [5.74, 6) is 0.685. The number of nitrogens with zero attached hydrogens (tertiary/aromatic N) is 1. The Hall–Kier alpha value is -1.86. The van der Waals surface area contributed by atoms with Crippen LogP contribution in [0.2, 0.25) is 0 Å². The predicted octanol–water partition coefficient (Wildman–Crippen LogP) is 6.85. The second-order valence-electron chi connectivity index (χ2n) is 7.64. The van der Waals surface area contributed by atoms with Crippen LogP contribution in [0.3, 0.4) is 0 Å². The summed E-state index contributed by atoms with van der Waals surface area (Å²) in [5, 5.41) is 0. The summed E-state index contributed by atoms with van der Waals surface area (Å²) in [6.07, 6.45) is 9.79. The Morgan fingerprint density at radius 1 is 0.846 bits per heavy atom. The van der Waals surface area contributed by atoms with Crippen LogP contribution in [0.25, 0.3) is 0 Å². The van der Waals surface area contributed by atoms with Crippen LogP contribution in [0.4, 0.5) is 0 Å². The molecule has 2 aromatic carbocycles. The van der Waals surface area contributed by atoms with Crippen molar-refractivity contribution in [2.24, 2.45) is 5.92 Å². The molecular weight excluding hydrogens is 314 g/mol. The monoisotopic (exact) mass is 349 g/mol. The van der Waals surface area contributed by atoms with E-state index >= 15 is 0 Å². The molecule has 0 amide bonds. The normalized spacial score (nSPS) is 13.0. The third-order valence-electron chi connectivity index (χ3n) is 4.72. The first-order valence-corrected chi connectivity index (χ1v) is 10.2.